The van der Waals surface area contributed by atoms with E-state index in [1.54, 1.807) is 11.3 Å². The van der Waals surface area contributed by atoms with Crippen LogP contribution in [0.3, 0.4) is 0 Å². The van der Waals surface area contributed by atoms with Crippen molar-refractivity contribution in [2.75, 3.05) is 23.9 Å². The summed E-state index contributed by atoms with van der Waals surface area (Å²) in [7, 11) is 2.06. The van der Waals surface area contributed by atoms with Crippen LogP contribution in [0.15, 0.2) is 17.5 Å². The molecule has 2 aromatic heterocycles. The Kier molecular flexibility index (Phi) is 4.92. The number of nitrogens with one attached hydrogen (secondary N) is 1. The predicted molar refractivity (Wildman–Crippen MR) is 85.3 cm³/mol. The monoisotopic (exact) mass is 291 g/mol. The predicted octanol–water partition coefficient (Wildman–Crippen LogP) is 2.37. The summed E-state index contributed by atoms with van der Waals surface area (Å²) in [4.78, 5) is 12.6. The Bertz CT molecular complexity index is 553. The molecule has 0 unspecified atom stereocenters. The number of aromatic nitrogens is 2. The fraction of sp³-hybridized carbons (Fsp3) is 0.429. The molecular formula is C14H21N5S. The number of aryl methyl sites for hydroxylation is 1. The first-order valence-corrected chi connectivity index (χ1v) is 7.61. The third-order valence-corrected chi connectivity index (χ3v) is 4.19. The molecule has 3 N–H and O–H groups in total. The van der Waals surface area contributed by atoms with E-state index in [1.807, 2.05) is 13.8 Å². The van der Waals surface area contributed by atoms with Gasteiger partial charge in [0.2, 0.25) is 0 Å². The number of hydrazine groups is 1. The first-order chi connectivity index (χ1) is 9.65. The van der Waals surface area contributed by atoms with Crippen molar-refractivity contribution in [1.82, 2.24) is 9.97 Å². The molecule has 20 heavy (non-hydrogen) atoms. The van der Waals surface area contributed by atoms with Crippen molar-refractivity contribution in [2.24, 2.45) is 5.84 Å². The highest BCUT2D eigenvalue weighted by molar-refractivity contribution is 7.09. The minimum absolute atomic E-state index is 0.704. The first kappa shape index (κ1) is 14.7. The van der Waals surface area contributed by atoms with Crippen LogP contribution in [0.1, 0.15) is 23.2 Å². The second-order valence-electron chi connectivity index (χ2n) is 4.69. The maximum Gasteiger partial charge on any atom is 0.148 e. The van der Waals surface area contributed by atoms with Gasteiger partial charge in [0, 0.05) is 30.5 Å². The molecular weight excluding hydrogens is 270 g/mol. The molecule has 0 saturated heterocycles. The zero-order valence-corrected chi connectivity index (χ0v) is 13.0. The SMILES string of the molecule is CCc1nc(NN)c(C)c(N(C)CCc2cccs2)n1. The van der Waals surface area contributed by atoms with Crippen molar-refractivity contribution in [3.63, 3.8) is 0 Å². The van der Waals surface area contributed by atoms with Gasteiger partial charge in [-0.3, -0.25) is 0 Å². The van der Waals surface area contributed by atoms with Gasteiger partial charge in [0.25, 0.3) is 0 Å². The third kappa shape index (κ3) is 3.26. The highest BCUT2D eigenvalue weighted by Crippen LogP contribution is 2.23. The van der Waals surface area contributed by atoms with E-state index in [-0.39, 0.29) is 0 Å². The summed E-state index contributed by atoms with van der Waals surface area (Å²) < 4.78 is 0. The summed E-state index contributed by atoms with van der Waals surface area (Å²) >= 11 is 1.79. The van der Waals surface area contributed by atoms with Crippen LogP contribution in [0.5, 0.6) is 0 Å². The molecule has 2 heterocycles. The van der Waals surface area contributed by atoms with E-state index in [4.69, 9.17) is 5.84 Å². The molecule has 0 aliphatic carbocycles. The number of anilines is 2. The Hall–Kier alpha value is -1.66. The first-order valence-electron chi connectivity index (χ1n) is 6.73. The lowest BCUT2D eigenvalue weighted by Gasteiger charge is -2.21. The van der Waals surface area contributed by atoms with Crippen molar-refractivity contribution in [1.29, 1.82) is 0 Å². The van der Waals surface area contributed by atoms with Crippen LogP contribution in [-0.4, -0.2) is 23.6 Å². The van der Waals surface area contributed by atoms with Gasteiger partial charge in [0.05, 0.1) is 0 Å². The lowest BCUT2D eigenvalue weighted by molar-refractivity contribution is 0.835. The lowest BCUT2D eigenvalue weighted by Crippen LogP contribution is -2.24. The van der Waals surface area contributed by atoms with Gasteiger partial charge in [-0.15, -0.1) is 11.3 Å². The molecule has 0 aliphatic rings. The summed E-state index contributed by atoms with van der Waals surface area (Å²) in [5.41, 5.74) is 3.64. The van der Waals surface area contributed by atoms with E-state index < -0.39 is 0 Å². The number of thiophene rings is 1. The zero-order chi connectivity index (χ0) is 14.5. The summed E-state index contributed by atoms with van der Waals surface area (Å²) in [6.45, 7) is 4.96. The minimum Gasteiger partial charge on any atom is -0.359 e. The van der Waals surface area contributed by atoms with Crippen LogP contribution in [-0.2, 0) is 12.8 Å². The van der Waals surface area contributed by atoms with Crippen LogP contribution in [0.25, 0.3) is 0 Å². The fourth-order valence-electron chi connectivity index (χ4n) is 2.06. The van der Waals surface area contributed by atoms with E-state index in [1.165, 1.54) is 4.88 Å². The van der Waals surface area contributed by atoms with E-state index in [2.05, 4.69) is 44.9 Å². The molecule has 5 nitrogen and oxygen atoms in total. The Morgan fingerprint density at radius 3 is 2.80 bits per heavy atom. The maximum atomic E-state index is 5.54. The van der Waals surface area contributed by atoms with E-state index >= 15 is 0 Å². The van der Waals surface area contributed by atoms with Gasteiger partial charge in [-0.25, -0.2) is 15.8 Å². The molecule has 108 valence electrons. The number of likely N-dealkylation sites (N-methyl/N-ethyl adjacent to an activating group) is 1. The van der Waals surface area contributed by atoms with Gasteiger partial charge in [-0.05, 0) is 24.8 Å². The Morgan fingerprint density at radius 1 is 1.40 bits per heavy atom. The van der Waals surface area contributed by atoms with Gasteiger partial charge in [-0.1, -0.05) is 13.0 Å². The summed E-state index contributed by atoms with van der Waals surface area (Å²) in [6.07, 6.45) is 1.81. The van der Waals surface area contributed by atoms with Gasteiger partial charge < -0.3 is 10.3 Å². The smallest absolute Gasteiger partial charge is 0.148 e. The molecule has 0 fully saturated rings. The van der Waals surface area contributed by atoms with Gasteiger partial charge in [0.15, 0.2) is 0 Å². The largest absolute Gasteiger partial charge is 0.359 e. The Balaban J connectivity index is 2.17. The van der Waals surface area contributed by atoms with Crippen LogP contribution in [0, 0.1) is 6.92 Å². The molecule has 0 radical (unpaired) electrons. The topological polar surface area (TPSA) is 67.1 Å². The second-order valence-corrected chi connectivity index (χ2v) is 5.72. The number of nitrogen functional groups attached to an aromatic ring is 1. The minimum atomic E-state index is 0.704. The summed E-state index contributed by atoms with van der Waals surface area (Å²) in [6, 6.07) is 4.25. The van der Waals surface area contributed by atoms with Gasteiger partial charge in [0.1, 0.15) is 17.5 Å². The Labute approximate surface area is 123 Å². The molecule has 0 aliphatic heterocycles. The third-order valence-electron chi connectivity index (χ3n) is 3.25. The molecule has 0 spiro atoms. The average Bonchev–Trinajstić information content (AvgIpc) is 2.98. The maximum absolute atomic E-state index is 5.54. The Morgan fingerprint density at radius 2 is 2.20 bits per heavy atom. The van der Waals surface area contributed by atoms with E-state index in [9.17, 15) is 0 Å². The van der Waals surface area contributed by atoms with Crippen molar-refractivity contribution >= 4 is 23.0 Å². The lowest BCUT2D eigenvalue weighted by atomic mass is 10.2. The normalized spacial score (nSPS) is 10.6. The average molecular weight is 291 g/mol. The molecule has 0 bridgehead atoms. The number of hydrogen-bond acceptors (Lipinski definition) is 6. The highest BCUT2D eigenvalue weighted by Gasteiger charge is 2.13. The molecule has 0 atom stereocenters. The molecule has 0 aromatic carbocycles. The molecule has 2 rings (SSSR count). The van der Waals surface area contributed by atoms with Crippen molar-refractivity contribution < 1.29 is 0 Å². The zero-order valence-electron chi connectivity index (χ0n) is 12.2. The number of hydrogen-bond donors (Lipinski definition) is 2. The van der Waals surface area contributed by atoms with Gasteiger partial charge in [-0.2, -0.15) is 0 Å². The second kappa shape index (κ2) is 6.67. The standard InChI is InChI=1S/C14H21N5S/c1-4-12-16-13(18-15)10(2)14(17-12)19(3)8-7-11-6-5-9-20-11/h5-6,9H,4,7-8,15H2,1-3H3,(H,16,17,18). The quantitative estimate of drug-likeness (QED) is 0.632. The van der Waals surface area contributed by atoms with Crippen LogP contribution in [0.2, 0.25) is 0 Å². The molecule has 2 aromatic rings. The van der Waals surface area contributed by atoms with E-state index in [0.29, 0.717) is 5.82 Å². The van der Waals surface area contributed by atoms with Crippen molar-refractivity contribution in [2.45, 2.75) is 26.7 Å². The molecule has 6 heteroatoms. The summed E-state index contributed by atoms with van der Waals surface area (Å²) in [5, 5.41) is 2.11. The van der Waals surface area contributed by atoms with Crippen molar-refractivity contribution in [3.05, 3.63) is 33.8 Å². The van der Waals surface area contributed by atoms with Gasteiger partial charge >= 0.3 is 0 Å². The number of rotatable bonds is 6. The number of nitrogens with two attached hydrogens (primary N) is 1. The van der Waals surface area contributed by atoms with E-state index in [0.717, 1.165) is 36.6 Å². The van der Waals surface area contributed by atoms with Crippen LogP contribution in [0.4, 0.5) is 11.6 Å². The van der Waals surface area contributed by atoms with Crippen LogP contribution >= 0.6 is 11.3 Å². The summed E-state index contributed by atoms with van der Waals surface area (Å²) in [5.74, 6) is 7.99. The van der Waals surface area contributed by atoms with Crippen molar-refractivity contribution in [3.8, 4) is 0 Å². The van der Waals surface area contributed by atoms with Crippen LogP contribution < -0.4 is 16.2 Å². The molecule has 0 amide bonds. The number of nitrogens with zero attached hydrogens (tertiary/aromatic N) is 3. The highest BCUT2D eigenvalue weighted by atomic mass is 32.1. The molecule has 0 saturated carbocycles. The fourth-order valence-corrected chi connectivity index (χ4v) is 2.76.